The standard InChI is InChI=1S/C23H21ClN2O2/c1-2-23(27)26-20-11-9-19(10-12-20)25-15-17-7-13-21(14-8-17)28-16-18-5-3-4-6-22(18)24/h3-15H,2,16H2,1H3,(H,26,27). The van der Waals surface area contributed by atoms with E-state index in [2.05, 4.69) is 10.3 Å². The number of nitrogens with zero attached hydrogens (tertiary/aromatic N) is 1. The van der Waals surface area contributed by atoms with Gasteiger partial charge in [0.15, 0.2) is 0 Å². The summed E-state index contributed by atoms with van der Waals surface area (Å²) in [4.78, 5) is 15.8. The second-order valence-corrected chi connectivity index (χ2v) is 6.56. The lowest BCUT2D eigenvalue weighted by atomic mass is 10.2. The van der Waals surface area contributed by atoms with E-state index in [1.165, 1.54) is 0 Å². The first kappa shape index (κ1) is 19.6. The second kappa shape index (κ2) is 9.72. The van der Waals surface area contributed by atoms with Crippen LogP contribution >= 0.6 is 11.6 Å². The molecule has 0 aliphatic heterocycles. The lowest BCUT2D eigenvalue weighted by Crippen LogP contribution is -2.08. The molecule has 0 radical (unpaired) electrons. The summed E-state index contributed by atoms with van der Waals surface area (Å²) >= 11 is 6.14. The van der Waals surface area contributed by atoms with Crippen LogP contribution < -0.4 is 10.1 Å². The molecule has 0 saturated carbocycles. The molecule has 1 amide bonds. The molecule has 3 aromatic rings. The van der Waals surface area contributed by atoms with Gasteiger partial charge < -0.3 is 10.1 Å². The van der Waals surface area contributed by atoms with E-state index in [9.17, 15) is 4.79 Å². The van der Waals surface area contributed by atoms with Crippen molar-refractivity contribution in [3.05, 3.63) is 88.9 Å². The lowest BCUT2D eigenvalue weighted by molar-refractivity contribution is -0.115. The summed E-state index contributed by atoms with van der Waals surface area (Å²) in [5.41, 5.74) is 3.50. The number of carbonyl (C=O) groups excluding carboxylic acids is 1. The lowest BCUT2D eigenvalue weighted by Gasteiger charge is -2.07. The van der Waals surface area contributed by atoms with E-state index in [0.29, 0.717) is 18.1 Å². The second-order valence-electron chi connectivity index (χ2n) is 6.16. The predicted molar refractivity (Wildman–Crippen MR) is 115 cm³/mol. The van der Waals surface area contributed by atoms with Crippen molar-refractivity contribution in [2.24, 2.45) is 4.99 Å². The molecule has 0 atom stereocenters. The quantitative estimate of drug-likeness (QED) is 0.500. The molecule has 0 unspecified atom stereocenters. The van der Waals surface area contributed by atoms with Crippen LogP contribution in [0.15, 0.2) is 77.8 Å². The first-order valence-corrected chi connectivity index (χ1v) is 9.42. The van der Waals surface area contributed by atoms with Gasteiger partial charge in [-0.1, -0.05) is 36.7 Å². The van der Waals surface area contributed by atoms with Crippen molar-refractivity contribution in [2.45, 2.75) is 20.0 Å². The van der Waals surface area contributed by atoms with Gasteiger partial charge in [0, 0.05) is 28.9 Å². The van der Waals surface area contributed by atoms with Crippen LogP contribution in [0.2, 0.25) is 5.02 Å². The van der Waals surface area contributed by atoms with Crippen LogP contribution in [0.25, 0.3) is 0 Å². The molecule has 0 bridgehead atoms. The van der Waals surface area contributed by atoms with E-state index in [1.807, 2.05) is 79.7 Å². The van der Waals surface area contributed by atoms with Gasteiger partial charge in [-0.05, 0) is 60.2 Å². The van der Waals surface area contributed by atoms with Crippen LogP contribution in [0.5, 0.6) is 5.75 Å². The zero-order valence-corrected chi connectivity index (χ0v) is 16.3. The fourth-order valence-electron chi connectivity index (χ4n) is 2.46. The topological polar surface area (TPSA) is 50.7 Å². The van der Waals surface area contributed by atoms with Gasteiger partial charge in [-0.3, -0.25) is 9.79 Å². The number of rotatable bonds is 7. The molecular formula is C23H21ClN2O2. The molecule has 4 nitrogen and oxygen atoms in total. The van der Waals surface area contributed by atoms with Gasteiger partial charge in [-0.25, -0.2) is 0 Å². The minimum atomic E-state index is -0.00639. The van der Waals surface area contributed by atoms with Gasteiger partial charge in [0.1, 0.15) is 12.4 Å². The number of hydrogen-bond donors (Lipinski definition) is 1. The average molecular weight is 393 g/mol. The number of ether oxygens (including phenoxy) is 1. The smallest absolute Gasteiger partial charge is 0.224 e. The third kappa shape index (κ3) is 5.69. The highest BCUT2D eigenvalue weighted by Crippen LogP contribution is 2.20. The number of carbonyl (C=O) groups is 1. The molecule has 1 N–H and O–H groups in total. The SMILES string of the molecule is CCC(=O)Nc1ccc(N=Cc2ccc(OCc3ccccc3Cl)cc2)cc1. The number of nitrogens with one attached hydrogen (secondary N) is 1. The molecule has 3 aromatic carbocycles. The minimum Gasteiger partial charge on any atom is -0.489 e. The van der Waals surface area contributed by atoms with Gasteiger partial charge in [-0.15, -0.1) is 0 Å². The van der Waals surface area contributed by atoms with Crippen LogP contribution in [0.3, 0.4) is 0 Å². The molecule has 0 aromatic heterocycles. The Bertz CT molecular complexity index is 951. The highest BCUT2D eigenvalue weighted by atomic mass is 35.5. The number of amides is 1. The van der Waals surface area contributed by atoms with Crippen molar-refractivity contribution in [2.75, 3.05) is 5.32 Å². The Kier molecular flexibility index (Phi) is 6.82. The van der Waals surface area contributed by atoms with Crippen LogP contribution in [0.1, 0.15) is 24.5 Å². The zero-order valence-electron chi connectivity index (χ0n) is 15.6. The summed E-state index contributed by atoms with van der Waals surface area (Å²) in [6, 6.07) is 22.7. The predicted octanol–water partition coefficient (Wildman–Crippen LogP) is 6.02. The third-order valence-corrected chi connectivity index (χ3v) is 4.44. The monoisotopic (exact) mass is 392 g/mol. The first-order valence-electron chi connectivity index (χ1n) is 9.04. The van der Waals surface area contributed by atoms with Gasteiger partial charge in [-0.2, -0.15) is 0 Å². The van der Waals surface area contributed by atoms with Crippen LogP contribution in [0, 0.1) is 0 Å². The first-order chi connectivity index (χ1) is 13.6. The molecule has 0 saturated heterocycles. The van der Waals surface area contributed by atoms with E-state index in [4.69, 9.17) is 16.3 Å². The highest BCUT2D eigenvalue weighted by Gasteiger charge is 2.01. The van der Waals surface area contributed by atoms with Crippen LogP contribution in [-0.2, 0) is 11.4 Å². The van der Waals surface area contributed by atoms with Gasteiger partial charge in [0.05, 0.1) is 5.69 Å². The number of hydrogen-bond acceptors (Lipinski definition) is 3. The highest BCUT2D eigenvalue weighted by molar-refractivity contribution is 6.31. The van der Waals surface area contributed by atoms with Crippen molar-refractivity contribution < 1.29 is 9.53 Å². The summed E-state index contributed by atoms with van der Waals surface area (Å²) in [7, 11) is 0. The maximum Gasteiger partial charge on any atom is 0.224 e. The average Bonchev–Trinajstić information content (AvgIpc) is 2.73. The van der Waals surface area contributed by atoms with Crippen molar-refractivity contribution in [3.8, 4) is 5.75 Å². The molecule has 0 heterocycles. The van der Waals surface area contributed by atoms with Crippen molar-refractivity contribution in [3.63, 3.8) is 0 Å². The summed E-state index contributed by atoms with van der Waals surface area (Å²) in [5, 5.41) is 3.51. The van der Waals surface area contributed by atoms with Gasteiger partial charge in [0.25, 0.3) is 0 Å². The summed E-state index contributed by atoms with van der Waals surface area (Å²) in [5.74, 6) is 0.765. The normalized spacial score (nSPS) is 10.8. The van der Waals surface area contributed by atoms with Crippen molar-refractivity contribution in [1.82, 2.24) is 0 Å². The molecule has 0 fully saturated rings. The number of aliphatic imine (C=N–C) groups is 1. The van der Waals surface area contributed by atoms with Crippen LogP contribution in [-0.4, -0.2) is 12.1 Å². The molecule has 142 valence electrons. The molecule has 0 aliphatic carbocycles. The Hall–Kier alpha value is -3.11. The Balaban J connectivity index is 1.56. The largest absolute Gasteiger partial charge is 0.489 e. The molecule has 0 spiro atoms. The number of benzene rings is 3. The van der Waals surface area contributed by atoms with Gasteiger partial charge in [0.2, 0.25) is 5.91 Å². The minimum absolute atomic E-state index is 0.00639. The summed E-state index contributed by atoms with van der Waals surface area (Å²) in [6.07, 6.45) is 2.25. The fraction of sp³-hybridized carbons (Fsp3) is 0.130. The third-order valence-electron chi connectivity index (χ3n) is 4.07. The van der Waals surface area contributed by atoms with Crippen molar-refractivity contribution >= 4 is 35.1 Å². The molecule has 28 heavy (non-hydrogen) atoms. The maximum atomic E-state index is 11.4. The van der Waals surface area contributed by atoms with Crippen LogP contribution in [0.4, 0.5) is 11.4 Å². The zero-order chi connectivity index (χ0) is 19.8. The van der Waals surface area contributed by atoms with Gasteiger partial charge >= 0.3 is 0 Å². The molecule has 5 heteroatoms. The van der Waals surface area contributed by atoms with E-state index in [1.54, 1.807) is 6.21 Å². The Labute approximate surface area is 169 Å². The number of halogens is 1. The Morgan fingerprint density at radius 3 is 2.43 bits per heavy atom. The molecular weight excluding hydrogens is 372 g/mol. The van der Waals surface area contributed by atoms with E-state index < -0.39 is 0 Å². The Morgan fingerprint density at radius 1 is 1.04 bits per heavy atom. The molecule has 3 rings (SSSR count). The number of anilines is 1. The fourth-order valence-corrected chi connectivity index (χ4v) is 2.65. The van der Waals surface area contributed by atoms with Crippen molar-refractivity contribution in [1.29, 1.82) is 0 Å². The van der Waals surface area contributed by atoms with E-state index >= 15 is 0 Å². The summed E-state index contributed by atoms with van der Waals surface area (Å²) in [6.45, 7) is 2.25. The Morgan fingerprint density at radius 2 is 1.75 bits per heavy atom. The van der Waals surface area contributed by atoms with E-state index in [0.717, 1.165) is 28.3 Å². The van der Waals surface area contributed by atoms with E-state index in [-0.39, 0.29) is 5.91 Å². The maximum absolute atomic E-state index is 11.4. The molecule has 0 aliphatic rings. The summed E-state index contributed by atoms with van der Waals surface area (Å²) < 4.78 is 5.78.